The maximum absolute atomic E-state index is 10.3. The largest absolute Gasteiger partial charge is 0.240 e. The number of nitrogens with zero attached hydrogens (tertiary/aromatic N) is 2. The molecule has 0 N–H and O–H groups in total. The van der Waals surface area contributed by atoms with Gasteiger partial charge in [0.25, 0.3) is 0 Å². The molecule has 4 heteroatoms. The van der Waals surface area contributed by atoms with Gasteiger partial charge in [-0.15, -0.1) is 0 Å². The van der Waals surface area contributed by atoms with E-state index in [1.54, 1.807) is 12.1 Å². The van der Waals surface area contributed by atoms with Crippen LogP contribution in [0.1, 0.15) is 11.1 Å². The fourth-order valence-corrected chi connectivity index (χ4v) is 1.82. The van der Waals surface area contributed by atoms with Crippen LogP contribution in [0.15, 0.2) is 58.5 Å². The Labute approximate surface area is 110 Å². The van der Waals surface area contributed by atoms with Gasteiger partial charge in [-0.05, 0) is 35.7 Å². The maximum atomic E-state index is 10.3. The summed E-state index contributed by atoms with van der Waals surface area (Å²) in [5, 5.41) is 0. The lowest BCUT2D eigenvalue weighted by molar-refractivity contribution is 0.565. The average Bonchev–Trinajstić information content (AvgIpc) is 2.40. The standard InChI is InChI=1S/C15H10N2O2/c18-10-16-14-7-13(8-15(9-14)17-11-19)6-12-4-2-1-3-5-12/h1-5,7-9H,6H2. The first kappa shape index (κ1) is 12.7. The van der Waals surface area contributed by atoms with E-state index in [9.17, 15) is 9.59 Å². The van der Waals surface area contributed by atoms with E-state index in [0.717, 1.165) is 11.1 Å². The quantitative estimate of drug-likeness (QED) is 0.618. The van der Waals surface area contributed by atoms with Gasteiger partial charge in [-0.1, -0.05) is 30.3 Å². The van der Waals surface area contributed by atoms with Gasteiger partial charge in [0, 0.05) is 0 Å². The van der Waals surface area contributed by atoms with Gasteiger partial charge in [0.05, 0.1) is 11.4 Å². The van der Waals surface area contributed by atoms with Crippen molar-refractivity contribution in [2.24, 2.45) is 9.98 Å². The summed E-state index contributed by atoms with van der Waals surface area (Å²) in [5.41, 5.74) is 2.89. The summed E-state index contributed by atoms with van der Waals surface area (Å²) in [5.74, 6) is 0. The summed E-state index contributed by atoms with van der Waals surface area (Å²) in [6, 6.07) is 14.9. The second-order valence-electron chi connectivity index (χ2n) is 3.93. The summed E-state index contributed by atoms with van der Waals surface area (Å²) in [7, 11) is 0. The van der Waals surface area contributed by atoms with Crippen LogP contribution in [0.5, 0.6) is 0 Å². The molecule has 0 aliphatic heterocycles. The molecule has 0 aliphatic carbocycles. The van der Waals surface area contributed by atoms with Crippen molar-refractivity contribution in [1.82, 2.24) is 0 Å². The van der Waals surface area contributed by atoms with Crippen LogP contribution in [0, 0.1) is 0 Å². The van der Waals surface area contributed by atoms with Crippen molar-refractivity contribution in [3.8, 4) is 0 Å². The minimum absolute atomic E-state index is 0.428. The number of rotatable bonds is 4. The zero-order valence-corrected chi connectivity index (χ0v) is 10.0. The molecule has 2 aromatic rings. The van der Waals surface area contributed by atoms with Crippen LogP contribution in [-0.2, 0) is 16.0 Å². The molecule has 0 unspecified atom stereocenters. The molecule has 0 amide bonds. The third-order valence-electron chi connectivity index (χ3n) is 2.56. The highest BCUT2D eigenvalue weighted by Crippen LogP contribution is 2.24. The monoisotopic (exact) mass is 250 g/mol. The lowest BCUT2D eigenvalue weighted by Crippen LogP contribution is -1.87. The Hall–Kier alpha value is -2.80. The van der Waals surface area contributed by atoms with E-state index in [0.29, 0.717) is 17.8 Å². The molecule has 2 rings (SSSR count). The van der Waals surface area contributed by atoms with E-state index < -0.39 is 0 Å². The molecule has 0 spiro atoms. The van der Waals surface area contributed by atoms with Crippen LogP contribution in [0.25, 0.3) is 0 Å². The third kappa shape index (κ3) is 3.58. The number of benzene rings is 2. The first-order valence-electron chi connectivity index (χ1n) is 5.65. The van der Waals surface area contributed by atoms with Crippen LogP contribution in [0.4, 0.5) is 11.4 Å². The van der Waals surface area contributed by atoms with Crippen molar-refractivity contribution in [3.63, 3.8) is 0 Å². The van der Waals surface area contributed by atoms with Gasteiger partial charge < -0.3 is 0 Å². The molecule has 0 radical (unpaired) electrons. The second-order valence-corrected chi connectivity index (χ2v) is 3.93. The SMILES string of the molecule is O=C=Nc1cc(Cc2ccccc2)cc(N=C=O)c1. The smallest absolute Gasteiger partial charge is 0.211 e. The van der Waals surface area contributed by atoms with Crippen molar-refractivity contribution < 1.29 is 9.59 Å². The first-order chi connectivity index (χ1) is 9.31. The molecular formula is C15H10N2O2. The predicted molar refractivity (Wildman–Crippen MR) is 71.3 cm³/mol. The highest BCUT2D eigenvalue weighted by Gasteiger charge is 2.02. The van der Waals surface area contributed by atoms with Crippen LogP contribution >= 0.6 is 0 Å². The Morgan fingerprint density at radius 3 is 1.89 bits per heavy atom. The highest BCUT2D eigenvalue weighted by molar-refractivity contribution is 5.60. The van der Waals surface area contributed by atoms with E-state index in [1.807, 2.05) is 30.3 Å². The lowest BCUT2D eigenvalue weighted by atomic mass is 10.0. The lowest BCUT2D eigenvalue weighted by Gasteiger charge is -2.04. The Morgan fingerprint density at radius 1 is 0.789 bits per heavy atom. The molecule has 0 saturated carbocycles. The van der Waals surface area contributed by atoms with E-state index in [4.69, 9.17) is 0 Å². The molecule has 0 atom stereocenters. The van der Waals surface area contributed by atoms with Gasteiger partial charge in [-0.25, -0.2) is 9.59 Å². The number of isocyanates is 2. The van der Waals surface area contributed by atoms with Crippen molar-refractivity contribution >= 4 is 23.5 Å². The Bertz CT molecular complexity index is 632. The van der Waals surface area contributed by atoms with Crippen molar-refractivity contribution in [3.05, 3.63) is 59.7 Å². The molecule has 19 heavy (non-hydrogen) atoms. The summed E-state index contributed by atoms with van der Waals surface area (Å²) in [6.45, 7) is 0. The Balaban J connectivity index is 2.38. The van der Waals surface area contributed by atoms with Crippen LogP contribution in [0.2, 0.25) is 0 Å². The van der Waals surface area contributed by atoms with Gasteiger partial charge in [-0.3, -0.25) is 0 Å². The molecule has 4 nitrogen and oxygen atoms in total. The molecule has 0 fully saturated rings. The zero-order valence-electron chi connectivity index (χ0n) is 10.0. The fourth-order valence-electron chi connectivity index (χ4n) is 1.82. The fraction of sp³-hybridized carbons (Fsp3) is 0.0667. The topological polar surface area (TPSA) is 58.9 Å². The van der Waals surface area contributed by atoms with Crippen LogP contribution < -0.4 is 0 Å². The third-order valence-corrected chi connectivity index (χ3v) is 2.56. The normalized spacial score (nSPS) is 9.26. The molecule has 0 bridgehead atoms. The average molecular weight is 250 g/mol. The van der Waals surface area contributed by atoms with Crippen molar-refractivity contribution in [1.29, 1.82) is 0 Å². The van der Waals surface area contributed by atoms with Gasteiger partial charge >= 0.3 is 0 Å². The predicted octanol–water partition coefficient (Wildman–Crippen LogP) is 3.21. The molecule has 92 valence electrons. The van der Waals surface area contributed by atoms with E-state index in [1.165, 1.54) is 18.2 Å². The van der Waals surface area contributed by atoms with Crippen molar-refractivity contribution in [2.75, 3.05) is 0 Å². The minimum atomic E-state index is 0.428. The molecule has 0 aromatic heterocycles. The highest BCUT2D eigenvalue weighted by atomic mass is 16.1. The van der Waals surface area contributed by atoms with Gasteiger partial charge in [0.15, 0.2) is 0 Å². The second kappa shape index (κ2) is 6.22. The first-order valence-corrected chi connectivity index (χ1v) is 5.65. The zero-order chi connectivity index (χ0) is 13.5. The number of hydrogen-bond donors (Lipinski definition) is 0. The Kier molecular flexibility index (Phi) is 4.14. The number of aliphatic imine (C=N–C) groups is 2. The molecule has 0 heterocycles. The van der Waals surface area contributed by atoms with Gasteiger partial charge in [0.1, 0.15) is 0 Å². The van der Waals surface area contributed by atoms with Crippen LogP contribution in [0.3, 0.4) is 0 Å². The number of hydrogen-bond acceptors (Lipinski definition) is 4. The summed E-state index contributed by atoms with van der Waals surface area (Å²) in [4.78, 5) is 27.7. The maximum Gasteiger partial charge on any atom is 0.240 e. The van der Waals surface area contributed by atoms with Crippen LogP contribution in [-0.4, -0.2) is 12.2 Å². The van der Waals surface area contributed by atoms with E-state index in [2.05, 4.69) is 9.98 Å². The van der Waals surface area contributed by atoms with E-state index >= 15 is 0 Å². The molecule has 0 saturated heterocycles. The molecule has 2 aromatic carbocycles. The van der Waals surface area contributed by atoms with Gasteiger partial charge in [-0.2, -0.15) is 9.98 Å². The number of carbonyl (C=O) groups excluding carboxylic acids is 2. The Morgan fingerprint density at radius 2 is 1.37 bits per heavy atom. The van der Waals surface area contributed by atoms with Crippen molar-refractivity contribution in [2.45, 2.75) is 6.42 Å². The molecule has 0 aliphatic rings. The van der Waals surface area contributed by atoms with Gasteiger partial charge in [0.2, 0.25) is 12.2 Å². The molecular weight excluding hydrogens is 240 g/mol. The van der Waals surface area contributed by atoms with E-state index in [-0.39, 0.29) is 0 Å². The summed E-state index contributed by atoms with van der Waals surface area (Å²) < 4.78 is 0. The minimum Gasteiger partial charge on any atom is -0.211 e. The summed E-state index contributed by atoms with van der Waals surface area (Å²) >= 11 is 0. The summed E-state index contributed by atoms with van der Waals surface area (Å²) in [6.07, 6.45) is 3.63.